The highest BCUT2D eigenvalue weighted by molar-refractivity contribution is 7.20. The molecule has 3 aromatic heterocycles. The number of fused-ring (bicyclic) bond motifs is 2. The van der Waals surface area contributed by atoms with Crippen LogP contribution in [0.2, 0.25) is 0 Å². The number of ether oxygens (including phenoxy) is 1. The van der Waals surface area contributed by atoms with Gasteiger partial charge in [-0.3, -0.25) is 14.9 Å². The van der Waals surface area contributed by atoms with Crippen molar-refractivity contribution < 1.29 is 4.74 Å². The van der Waals surface area contributed by atoms with Gasteiger partial charge in [0.25, 0.3) is 0 Å². The van der Waals surface area contributed by atoms with Crippen LogP contribution >= 0.6 is 11.3 Å². The van der Waals surface area contributed by atoms with Crippen LogP contribution in [0.4, 0.5) is 0 Å². The third-order valence-corrected chi connectivity index (χ3v) is 6.79. The Balaban J connectivity index is 1.55. The normalized spacial score (nSPS) is 15.5. The molecule has 0 unspecified atom stereocenters. The lowest BCUT2D eigenvalue weighted by atomic mass is 10.2. The Morgan fingerprint density at radius 2 is 1.93 bits per heavy atom. The molecule has 1 aromatic carbocycles. The van der Waals surface area contributed by atoms with Crippen LogP contribution in [0.3, 0.4) is 0 Å². The van der Waals surface area contributed by atoms with Crippen molar-refractivity contribution in [3.8, 4) is 5.13 Å². The van der Waals surface area contributed by atoms with E-state index in [1.807, 2.05) is 22.8 Å². The molecule has 4 heterocycles. The van der Waals surface area contributed by atoms with E-state index in [0.717, 1.165) is 77.0 Å². The molecule has 0 amide bonds. The summed E-state index contributed by atoms with van der Waals surface area (Å²) in [5.41, 5.74) is 4.51. The van der Waals surface area contributed by atoms with E-state index >= 15 is 0 Å². The van der Waals surface area contributed by atoms with Crippen molar-refractivity contribution in [1.82, 2.24) is 24.0 Å². The number of hydrogen-bond donors (Lipinski definition) is 1. The van der Waals surface area contributed by atoms with Crippen LogP contribution in [0.15, 0.2) is 30.6 Å². The van der Waals surface area contributed by atoms with E-state index < -0.39 is 0 Å². The summed E-state index contributed by atoms with van der Waals surface area (Å²) in [6.45, 7) is 9.31. The molecular weight excluding hydrogens is 384 g/mol. The summed E-state index contributed by atoms with van der Waals surface area (Å²) in [5.74, 6) is 0. The molecule has 150 valence electrons. The summed E-state index contributed by atoms with van der Waals surface area (Å²) in [6, 6.07) is 8.17. The topological polar surface area (TPSA) is 72.0 Å². The molecule has 5 rings (SSSR count). The van der Waals surface area contributed by atoms with Crippen LogP contribution in [-0.4, -0.2) is 56.9 Å². The van der Waals surface area contributed by atoms with Gasteiger partial charge >= 0.3 is 0 Å². The van der Waals surface area contributed by atoms with Gasteiger partial charge in [0, 0.05) is 31.9 Å². The molecule has 4 aromatic rings. The third-order valence-electron chi connectivity index (χ3n) is 5.77. The smallest absolute Gasteiger partial charge is 0.196 e. The fraction of sp³-hybridized carbons (Fsp3) is 0.381. The Labute approximate surface area is 172 Å². The lowest BCUT2D eigenvalue weighted by Gasteiger charge is -2.26. The molecule has 1 fully saturated rings. The van der Waals surface area contributed by atoms with Gasteiger partial charge in [-0.2, -0.15) is 0 Å². The SMILES string of the molecule is Cc1c(C)n(-c2nc3ccccc3s2)c2ncn(CCN3CCOCC3)c(=N)c12. The monoisotopic (exact) mass is 408 g/mol. The molecular formula is C21H24N6OS. The highest BCUT2D eigenvalue weighted by Gasteiger charge is 2.19. The Kier molecular flexibility index (Phi) is 4.69. The van der Waals surface area contributed by atoms with Gasteiger partial charge in [-0.1, -0.05) is 23.5 Å². The van der Waals surface area contributed by atoms with Crippen molar-refractivity contribution >= 4 is 32.6 Å². The molecule has 0 spiro atoms. The van der Waals surface area contributed by atoms with Crippen molar-refractivity contribution in [2.75, 3.05) is 32.8 Å². The summed E-state index contributed by atoms with van der Waals surface area (Å²) in [4.78, 5) is 12.0. The number of hydrogen-bond acceptors (Lipinski definition) is 6. The van der Waals surface area contributed by atoms with Crippen LogP contribution in [0.1, 0.15) is 11.3 Å². The second-order valence-electron chi connectivity index (χ2n) is 7.45. The summed E-state index contributed by atoms with van der Waals surface area (Å²) >= 11 is 1.66. The number of para-hydroxylation sites is 1. The first-order valence-electron chi connectivity index (χ1n) is 9.91. The molecule has 0 bridgehead atoms. The maximum Gasteiger partial charge on any atom is 0.196 e. The zero-order valence-electron chi connectivity index (χ0n) is 16.7. The van der Waals surface area contributed by atoms with Gasteiger partial charge in [0.1, 0.15) is 5.49 Å². The Hall–Kier alpha value is -2.55. The van der Waals surface area contributed by atoms with E-state index in [1.54, 1.807) is 17.7 Å². The van der Waals surface area contributed by atoms with Crippen LogP contribution < -0.4 is 5.49 Å². The van der Waals surface area contributed by atoms with Gasteiger partial charge < -0.3 is 9.30 Å². The van der Waals surface area contributed by atoms with Crippen molar-refractivity contribution in [3.05, 3.63) is 47.3 Å². The standard InChI is InChI=1S/C21H24N6OS/c1-14-15(2)27(21-24-16-5-3-4-6-17(16)29-21)20-18(14)19(22)26(13-23-20)8-7-25-9-11-28-12-10-25/h3-6,13,22H,7-12H2,1-2H3. The molecule has 8 heteroatoms. The summed E-state index contributed by atoms with van der Waals surface area (Å²) in [7, 11) is 0. The van der Waals surface area contributed by atoms with Gasteiger partial charge in [-0.05, 0) is 31.5 Å². The minimum atomic E-state index is 0.517. The Bertz CT molecular complexity index is 1210. The van der Waals surface area contributed by atoms with Crippen molar-refractivity contribution in [2.24, 2.45) is 0 Å². The molecule has 0 aliphatic carbocycles. The minimum absolute atomic E-state index is 0.517. The largest absolute Gasteiger partial charge is 0.379 e. The summed E-state index contributed by atoms with van der Waals surface area (Å²) in [5, 5.41) is 10.6. The molecule has 29 heavy (non-hydrogen) atoms. The van der Waals surface area contributed by atoms with Gasteiger partial charge in [0.2, 0.25) is 0 Å². The highest BCUT2D eigenvalue weighted by Crippen LogP contribution is 2.30. The first-order chi connectivity index (χ1) is 14.1. The van der Waals surface area contributed by atoms with Gasteiger partial charge in [0.15, 0.2) is 10.8 Å². The minimum Gasteiger partial charge on any atom is -0.379 e. The van der Waals surface area contributed by atoms with Crippen molar-refractivity contribution in [1.29, 1.82) is 5.41 Å². The fourth-order valence-corrected chi connectivity index (χ4v) is 4.97. The zero-order chi connectivity index (χ0) is 20.0. The van der Waals surface area contributed by atoms with Crippen LogP contribution in [0.5, 0.6) is 0 Å². The predicted octanol–water partition coefficient (Wildman–Crippen LogP) is 2.87. The van der Waals surface area contributed by atoms with Gasteiger partial charge in [-0.15, -0.1) is 0 Å². The average Bonchev–Trinajstić information content (AvgIpc) is 3.27. The van der Waals surface area contributed by atoms with Crippen molar-refractivity contribution in [3.63, 3.8) is 0 Å². The first-order valence-corrected chi connectivity index (χ1v) is 10.7. The van der Waals surface area contributed by atoms with Crippen LogP contribution in [0.25, 0.3) is 26.4 Å². The summed E-state index contributed by atoms with van der Waals surface area (Å²) in [6.07, 6.45) is 1.80. The number of rotatable bonds is 4. The molecule has 7 nitrogen and oxygen atoms in total. The number of morpholine rings is 1. The number of aryl methyl sites for hydroxylation is 1. The van der Waals surface area contributed by atoms with Crippen molar-refractivity contribution in [2.45, 2.75) is 20.4 Å². The van der Waals surface area contributed by atoms with E-state index in [9.17, 15) is 0 Å². The number of aromatic nitrogens is 4. The third kappa shape index (κ3) is 3.17. The maximum absolute atomic E-state index is 8.83. The number of nitrogens with one attached hydrogen (secondary N) is 1. The van der Waals surface area contributed by atoms with E-state index in [4.69, 9.17) is 20.1 Å². The van der Waals surface area contributed by atoms with E-state index in [2.05, 4.69) is 29.4 Å². The number of benzene rings is 1. The number of nitrogens with zero attached hydrogens (tertiary/aromatic N) is 5. The van der Waals surface area contributed by atoms with Crippen LogP contribution in [0, 0.1) is 19.3 Å². The van der Waals surface area contributed by atoms with E-state index in [-0.39, 0.29) is 0 Å². The Morgan fingerprint density at radius 1 is 1.14 bits per heavy atom. The predicted molar refractivity (Wildman–Crippen MR) is 115 cm³/mol. The van der Waals surface area contributed by atoms with Gasteiger partial charge in [-0.25, -0.2) is 9.97 Å². The highest BCUT2D eigenvalue weighted by atomic mass is 32.1. The second kappa shape index (κ2) is 7.37. The molecule has 1 aliphatic rings. The molecule has 1 saturated heterocycles. The summed E-state index contributed by atoms with van der Waals surface area (Å²) < 4.78 is 10.6. The fourth-order valence-electron chi connectivity index (χ4n) is 3.95. The van der Waals surface area contributed by atoms with E-state index in [0.29, 0.717) is 5.49 Å². The Morgan fingerprint density at radius 3 is 2.72 bits per heavy atom. The average molecular weight is 409 g/mol. The molecule has 1 aliphatic heterocycles. The quantitative estimate of drug-likeness (QED) is 0.564. The van der Waals surface area contributed by atoms with Gasteiger partial charge in [0.05, 0.1) is 35.1 Å². The lowest BCUT2D eigenvalue weighted by Crippen LogP contribution is -2.39. The zero-order valence-corrected chi connectivity index (χ0v) is 17.5. The molecule has 0 atom stereocenters. The lowest BCUT2D eigenvalue weighted by molar-refractivity contribution is 0.0362. The first kappa shape index (κ1) is 18.5. The molecule has 0 radical (unpaired) electrons. The van der Waals surface area contributed by atoms with Crippen LogP contribution in [-0.2, 0) is 11.3 Å². The molecule has 1 N–H and O–H groups in total. The van der Waals surface area contributed by atoms with E-state index in [1.165, 1.54) is 0 Å². The second-order valence-corrected chi connectivity index (χ2v) is 8.46. The molecule has 0 saturated carbocycles. The number of thiazole rings is 1. The maximum atomic E-state index is 8.83.